The molecule has 0 aliphatic carbocycles. The van der Waals surface area contributed by atoms with E-state index in [0.29, 0.717) is 5.92 Å². The highest BCUT2D eigenvalue weighted by molar-refractivity contribution is 14.1. The standard InChI is InChI=1S/C10H11BrIN/c11-10-2-1-8(12)5-9(10)7-3-4-13-6-7/h1-2,5,7,13H,3-4,6H2. The van der Waals surface area contributed by atoms with Crippen LogP contribution in [0.25, 0.3) is 0 Å². The lowest BCUT2D eigenvalue weighted by Crippen LogP contribution is -2.08. The van der Waals surface area contributed by atoms with Crippen LogP contribution in [0.3, 0.4) is 0 Å². The van der Waals surface area contributed by atoms with Crippen LogP contribution in [0.4, 0.5) is 0 Å². The SMILES string of the molecule is Brc1ccc(I)cc1C1CCNC1. The Morgan fingerprint density at radius 1 is 1.46 bits per heavy atom. The lowest BCUT2D eigenvalue weighted by atomic mass is 9.99. The molecule has 1 N–H and O–H groups in total. The van der Waals surface area contributed by atoms with Crippen LogP contribution in [0.1, 0.15) is 17.9 Å². The predicted octanol–water partition coefficient (Wildman–Crippen LogP) is 3.13. The van der Waals surface area contributed by atoms with Crippen molar-refractivity contribution in [2.45, 2.75) is 12.3 Å². The molecule has 0 saturated carbocycles. The van der Waals surface area contributed by atoms with Crippen LogP contribution < -0.4 is 5.32 Å². The molecule has 1 atom stereocenters. The zero-order valence-electron chi connectivity index (χ0n) is 7.19. The van der Waals surface area contributed by atoms with Crippen LogP contribution in [-0.4, -0.2) is 13.1 Å². The van der Waals surface area contributed by atoms with E-state index >= 15 is 0 Å². The van der Waals surface area contributed by atoms with Gasteiger partial charge in [0.15, 0.2) is 0 Å². The molecule has 3 heteroatoms. The van der Waals surface area contributed by atoms with Crippen molar-refractivity contribution in [3.63, 3.8) is 0 Å². The van der Waals surface area contributed by atoms with Crippen LogP contribution in [0.15, 0.2) is 22.7 Å². The average molecular weight is 352 g/mol. The normalized spacial score (nSPS) is 22.2. The van der Waals surface area contributed by atoms with Gasteiger partial charge in [-0.3, -0.25) is 0 Å². The number of nitrogens with one attached hydrogen (secondary N) is 1. The van der Waals surface area contributed by atoms with Crippen LogP contribution >= 0.6 is 38.5 Å². The van der Waals surface area contributed by atoms with E-state index in [1.807, 2.05) is 0 Å². The van der Waals surface area contributed by atoms with Crippen LogP contribution in [0.2, 0.25) is 0 Å². The molecule has 0 aromatic heterocycles. The van der Waals surface area contributed by atoms with Crippen LogP contribution in [0, 0.1) is 3.57 Å². The summed E-state index contributed by atoms with van der Waals surface area (Å²) in [7, 11) is 0. The second-order valence-corrected chi connectivity index (χ2v) is 5.46. The van der Waals surface area contributed by atoms with Crippen molar-refractivity contribution in [2.75, 3.05) is 13.1 Å². The highest BCUT2D eigenvalue weighted by Crippen LogP contribution is 2.30. The second-order valence-electron chi connectivity index (χ2n) is 3.36. The Morgan fingerprint density at radius 3 is 3.00 bits per heavy atom. The van der Waals surface area contributed by atoms with Crippen molar-refractivity contribution < 1.29 is 0 Å². The number of halogens is 2. The van der Waals surface area contributed by atoms with Crippen molar-refractivity contribution in [1.29, 1.82) is 0 Å². The third-order valence-electron chi connectivity index (χ3n) is 2.46. The molecule has 0 bridgehead atoms. The topological polar surface area (TPSA) is 12.0 Å². The van der Waals surface area contributed by atoms with Gasteiger partial charge in [0.25, 0.3) is 0 Å². The Balaban J connectivity index is 2.32. The molecule has 2 rings (SSSR count). The van der Waals surface area contributed by atoms with Gasteiger partial charge in [-0.2, -0.15) is 0 Å². The molecule has 0 radical (unpaired) electrons. The summed E-state index contributed by atoms with van der Waals surface area (Å²) in [6, 6.07) is 6.56. The van der Waals surface area contributed by atoms with Crippen LogP contribution in [-0.2, 0) is 0 Å². The molecule has 0 amide bonds. The molecule has 1 saturated heterocycles. The Kier molecular flexibility index (Phi) is 3.26. The Hall–Kier alpha value is 0.390. The van der Waals surface area contributed by atoms with Gasteiger partial charge in [0.2, 0.25) is 0 Å². The summed E-state index contributed by atoms with van der Waals surface area (Å²) in [5.41, 5.74) is 1.46. The fraction of sp³-hybridized carbons (Fsp3) is 0.400. The zero-order valence-corrected chi connectivity index (χ0v) is 10.9. The lowest BCUT2D eigenvalue weighted by molar-refractivity contribution is 0.759. The summed E-state index contributed by atoms with van der Waals surface area (Å²) < 4.78 is 2.57. The summed E-state index contributed by atoms with van der Waals surface area (Å²) in [5, 5.41) is 3.39. The van der Waals surface area contributed by atoms with Crippen molar-refractivity contribution in [2.24, 2.45) is 0 Å². The minimum Gasteiger partial charge on any atom is -0.316 e. The second kappa shape index (κ2) is 4.28. The van der Waals surface area contributed by atoms with Gasteiger partial charge in [-0.05, 0) is 65.2 Å². The average Bonchev–Trinajstić information content (AvgIpc) is 2.61. The van der Waals surface area contributed by atoms with Crippen molar-refractivity contribution in [1.82, 2.24) is 5.32 Å². The molecule has 13 heavy (non-hydrogen) atoms. The molecule has 1 aromatic rings. The summed E-state index contributed by atoms with van der Waals surface area (Å²) >= 11 is 5.98. The minimum atomic E-state index is 0.698. The number of rotatable bonds is 1. The summed E-state index contributed by atoms with van der Waals surface area (Å²) in [6.07, 6.45) is 1.26. The first kappa shape index (κ1) is 9.93. The van der Waals surface area contributed by atoms with Gasteiger partial charge >= 0.3 is 0 Å². The maximum absolute atomic E-state index is 3.61. The molecule has 1 nitrogen and oxygen atoms in total. The van der Waals surface area contributed by atoms with E-state index in [1.165, 1.54) is 20.0 Å². The van der Waals surface area contributed by atoms with E-state index in [2.05, 4.69) is 62.0 Å². The maximum Gasteiger partial charge on any atom is 0.0211 e. The van der Waals surface area contributed by atoms with E-state index in [9.17, 15) is 0 Å². The Morgan fingerprint density at radius 2 is 2.31 bits per heavy atom. The molecular formula is C10H11BrIN. The molecule has 1 aromatic carbocycles. The van der Waals surface area contributed by atoms with Gasteiger partial charge in [0.05, 0.1) is 0 Å². The van der Waals surface area contributed by atoms with Gasteiger partial charge in [0, 0.05) is 14.6 Å². The minimum absolute atomic E-state index is 0.698. The predicted molar refractivity (Wildman–Crippen MR) is 67.1 cm³/mol. The van der Waals surface area contributed by atoms with Gasteiger partial charge < -0.3 is 5.32 Å². The number of hydrogen-bond donors (Lipinski definition) is 1. The van der Waals surface area contributed by atoms with Crippen molar-refractivity contribution in [3.8, 4) is 0 Å². The summed E-state index contributed by atoms with van der Waals surface area (Å²) in [6.45, 7) is 2.28. The molecule has 1 fully saturated rings. The van der Waals surface area contributed by atoms with Crippen molar-refractivity contribution >= 4 is 38.5 Å². The van der Waals surface area contributed by atoms with E-state index in [0.717, 1.165) is 13.1 Å². The monoisotopic (exact) mass is 351 g/mol. The molecule has 1 heterocycles. The smallest absolute Gasteiger partial charge is 0.0211 e. The fourth-order valence-corrected chi connectivity index (χ4v) is 2.83. The first-order valence-electron chi connectivity index (χ1n) is 4.43. The lowest BCUT2D eigenvalue weighted by Gasteiger charge is -2.11. The quantitative estimate of drug-likeness (QED) is 0.766. The Bertz CT molecular complexity index is 308. The van der Waals surface area contributed by atoms with E-state index in [-0.39, 0.29) is 0 Å². The molecular weight excluding hydrogens is 341 g/mol. The third-order valence-corrected chi connectivity index (χ3v) is 3.85. The highest BCUT2D eigenvalue weighted by Gasteiger charge is 2.18. The van der Waals surface area contributed by atoms with E-state index < -0.39 is 0 Å². The summed E-state index contributed by atoms with van der Waals surface area (Å²) in [5.74, 6) is 0.698. The zero-order chi connectivity index (χ0) is 9.26. The number of hydrogen-bond acceptors (Lipinski definition) is 1. The largest absolute Gasteiger partial charge is 0.316 e. The fourth-order valence-electron chi connectivity index (χ4n) is 1.75. The summed E-state index contributed by atoms with van der Waals surface area (Å²) in [4.78, 5) is 0. The maximum atomic E-state index is 3.61. The van der Waals surface area contributed by atoms with Crippen molar-refractivity contribution in [3.05, 3.63) is 31.8 Å². The van der Waals surface area contributed by atoms with Gasteiger partial charge in [0.1, 0.15) is 0 Å². The molecule has 1 unspecified atom stereocenters. The first-order chi connectivity index (χ1) is 6.27. The third kappa shape index (κ3) is 2.25. The van der Waals surface area contributed by atoms with Gasteiger partial charge in [-0.25, -0.2) is 0 Å². The van der Waals surface area contributed by atoms with E-state index in [1.54, 1.807) is 0 Å². The molecule has 70 valence electrons. The molecule has 1 aliphatic heterocycles. The molecule has 0 spiro atoms. The molecule has 1 aliphatic rings. The van der Waals surface area contributed by atoms with E-state index in [4.69, 9.17) is 0 Å². The van der Waals surface area contributed by atoms with Gasteiger partial charge in [-0.15, -0.1) is 0 Å². The number of benzene rings is 1. The van der Waals surface area contributed by atoms with Crippen LogP contribution in [0.5, 0.6) is 0 Å². The Labute approximate surface area is 101 Å². The first-order valence-corrected chi connectivity index (χ1v) is 6.30. The highest BCUT2D eigenvalue weighted by atomic mass is 127. The van der Waals surface area contributed by atoms with Gasteiger partial charge in [-0.1, -0.05) is 15.9 Å².